The van der Waals surface area contributed by atoms with Crippen LogP contribution in [0.3, 0.4) is 0 Å². The lowest BCUT2D eigenvalue weighted by molar-refractivity contribution is -0.120. The molecule has 2 aromatic rings. The number of amides is 1. The first-order valence-corrected chi connectivity index (χ1v) is 10.2. The number of carbonyl (C=O) groups excluding carboxylic acids is 1. The number of nitrogens with zero attached hydrogens (tertiary/aromatic N) is 2. The van der Waals surface area contributed by atoms with E-state index in [1.54, 1.807) is 0 Å². The maximum Gasteiger partial charge on any atom is 0.304 e. The van der Waals surface area contributed by atoms with Gasteiger partial charge in [0.05, 0.1) is 11.7 Å². The molecule has 0 fully saturated rings. The van der Waals surface area contributed by atoms with E-state index < -0.39 is 28.5 Å². The quantitative estimate of drug-likeness (QED) is 0.767. The predicted octanol–water partition coefficient (Wildman–Crippen LogP) is 2.93. The summed E-state index contributed by atoms with van der Waals surface area (Å²) in [5, 5.41) is 2.80. The second kappa shape index (κ2) is 8.70. The lowest BCUT2D eigenvalue weighted by Crippen LogP contribution is -2.46. The second-order valence-electron chi connectivity index (χ2n) is 6.90. The molecule has 0 aliphatic rings. The zero-order valence-electron chi connectivity index (χ0n) is 16.7. The first-order chi connectivity index (χ1) is 13.0. The highest BCUT2D eigenvalue weighted by molar-refractivity contribution is 7.90. The summed E-state index contributed by atoms with van der Waals surface area (Å²) in [6.07, 6.45) is 0. The molecular weight excluding hydrogens is 381 g/mol. The summed E-state index contributed by atoms with van der Waals surface area (Å²) in [7, 11) is -1.39. The Morgan fingerprint density at radius 3 is 2.36 bits per heavy atom. The number of carbonyl (C=O) groups is 1. The molecule has 0 bridgehead atoms. The molecule has 0 unspecified atom stereocenters. The van der Waals surface area contributed by atoms with Crippen LogP contribution in [-0.4, -0.2) is 39.3 Å². The van der Waals surface area contributed by atoms with Crippen LogP contribution in [0.15, 0.2) is 42.5 Å². The largest absolute Gasteiger partial charge is 0.348 e. The Hall–Kier alpha value is -2.45. The fraction of sp³-hybridized carbons (Fsp3) is 0.350. The van der Waals surface area contributed by atoms with E-state index in [4.69, 9.17) is 0 Å². The Balaban J connectivity index is 2.27. The highest BCUT2D eigenvalue weighted by Gasteiger charge is 2.29. The zero-order chi connectivity index (χ0) is 21.1. The molecule has 2 rings (SSSR count). The number of nitrogens with one attached hydrogen (secondary N) is 1. The van der Waals surface area contributed by atoms with Crippen molar-refractivity contribution in [1.29, 1.82) is 0 Å². The highest BCUT2D eigenvalue weighted by atomic mass is 32.2. The Kier molecular flexibility index (Phi) is 6.79. The van der Waals surface area contributed by atoms with Crippen molar-refractivity contribution in [3.05, 3.63) is 65.0 Å². The standard InChI is InChI=1S/C20H26FN3O3S/c1-14-10-11-17(15(2)12-14)16(3)22-20(25)13-24(28(26,27)23(4)5)19-9-7-6-8-18(19)21/h6-12,16H,13H2,1-5H3,(H,22,25)/t16-/m1/s1. The van der Waals surface area contributed by atoms with Gasteiger partial charge in [0.2, 0.25) is 5.91 Å². The van der Waals surface area contributed by atoms with E-state index in [1.807, 2.05) is 39.0 Å². The van der Waals surface area contributed by atoms with Gasteiger partial charge in [-0.2, -0.15) is 12.7 Å². The van der Waals surface area contributed by atoms with Gasteiger partial charge in [-0.25, -0.2) is 8.70 Å². The minimum Gasteiger partial charge on any atom is -0.348 e. The average molecular weight is 408 g/mol. The van der Waals surface area contributed by atoms with Gasteiger partial charge in [-0.1, -0.05) is 35.9 Å². The molecule has 0 radical (unpaired) electrons. The molecule has 28 heavy (non-hydrogen) atoms. The van der Waals surface area contributed by atoms with Crippen LogP contribution in [0, 0.1) is 19.7 Å². The SMILES string of the molecule is Cc1ccc([C@@H](C)NC(=O)CN(c2ccccc2F)S(=O)(=O)N(C)C)c(C)c1. The van der Waals surface area contributed by atoms with Crippen molar-refractivity contribution in [2.75, 3.05) is 24.9 Å². The zero-order valence-corrected chi connectivity index (χ0v) is 17.5. The lowest BCUT2D eigenvalue weighted by Gasteiger charge is -2.28. The molecule has 0 aromatic heterocycles. The number of hydrogen-bond acceptors (Lipinski definition) is 3. The summed E-state index contributed by atoms with van der Waals surface area (Å²) in [6, 6.07) is 11.0. The van der Waals surface area contributed by atoms with E-state index in [-0.39, 0.29) is 11.7 Å². The van der Waals surface area contributed by atoms with E-state index in [0.717, 1.165) is 31.4 Å². The van der Waals surface area contributed by atoms with Crippen molar-refractivity contribution < 1.29 is 17.6 Å². The molecule has 6 nitrogen and oxygen atoms in total. The van der Waals surface area contributed by atoms with Crippen molar-refractivity contribution >= 4 is 21.8 Å². The highest BCUT2D eigenvalue weighted by Crippen LogP contribution is 2.23. The smallest absolute Gasteiger partial charge is 0.304 e. The van der Waals surface area contributed by atoms with Crippen molar-refractivity contribution in [3.8, 4) is 0 Å². The van der Waals surface area contributed by atoms with E-state index in [0.29, 0.717) is 0 Å². The molecule has 0 heterocycles. The molecule has 1 amide bonds. The summed E-state index contributed by atoms with van der Waals surface area (Å²) >= 11 is 0. The predicted molar refractivity (Wildman–Crippen MR) is 109 cm³/mol. The van der Waals surface area contributed by atoms with E-state index in [9.17, 15) is 17.6 Å². The molecule has 1 atom stereocenters. The molecule has 0 aliphatic carbocycles. The third-order valence-corrected chi connectivity index (χ3v) is 6.22. The normalized spacial score (nSPS) is 12.7. The van der Waals surface area contributed by atoms with Crippen molar-refractivity contribution in [3.63, 3.8) is 0 Å². The van der Waals surface area contributed by atoms with Crippen LogP contribution in [-0.2, 0) is 15.0 Å². The molecule has 8 heteroatoms. The van der Waals surface area contributed by atoms with Crippen LogP contribution in [0.1, 0.15) is 29.7 Å². The Morgan fingerprint density at radius 2 is 1.79 bits per heavy atom. The first kappa shape index (κ1) is 21.8. The third kappa shape index (κ3) is 4.88. The van der Waals surface area contributed by atoms with Crippen LogP contribution in [0.25, 0.3) is 0 Å². The summed E-state index contributed by atoms with van der Waals surface area (Å²) < 4.78 is 41.3. The number of halogens is 1. The van der Waals surface area contributed by atoms with E-state index >= 15 is 0 Å². The van der Waals surface area contributed by atoms with E-state index in [2.05, 4.69) is 5.32 Å². The average Bonchev–Trinajstić information content (AvgIpc) is 2.60. The number of anilines is 1. The molecule has 1 N–H and O–H groups in total. The lowest BCUT2D eigenvalue weighted by atomic mass is 10.0. The third-order valence-electron chi connectivity index (χ3n) is 4.42. The Morgan fingerprint density at radius 1 is 1.14 bits per heavy atom. The molecular formula is C20H26FN3O3S. The number of hydrogen-bond donors (Lipinski definition) is 1. The van der Waals surface area contributed by atoms with Crippen molar-refractivity contribution in [2.45, 2.75) is 26.8 Å². The van der Waals surface area contributed by atoms with Crippen LogP contribution in [0.2, 0.25) is 0 Å². The van der Waals surface area contributed by atoms with Crippen LogP contribution >= 0.6 is 0 Å². The summed E-state index contributed by atoms with van der Waals surface area (Å²) in [6.45, 7) is 5.23. The molecule has 2 aromatic carbocycles. The Bertz CT molecular complexity index is 961. The second-order valence-corrected chi connectivity index (χ2v) is 8.96. The topological polar surface area (TPSA) is 69.7 Å². The number of benzene rings is 2. The molecule has 0 aliphatic heterocycles. The van der Waals surface area contributed by atoms with Gasteiger partial charge in [0, 0.05) is 14.1 Å². The Labute approximate surface area is 166 Å². The first-order valence-electron chi connectivity index (χ1n) is 8.85. The molecule has 0 saturated carbocycles. The van der Waals surface area contributed by atoms with Crippen LogP contribution in [0.4, 0.5) is 10.1 Å². The molecule has 0 saturated heterocycles. The van der Waals surface area contributed by atoms with Crippen LogP contribution < -0.4 is 9.62 Å². The maximum absolute atomic E-state index is 14.2. The van der Waals surface area contributed by atoms with Gasteiger partial charge in [0.25, 0.3) is 0 Å². The number of aryl methyl sites for hydroxylation is 2. The van der Waals surface area contributed by atoms with Crippen LogP contribution in [0.5, 0.6) is 0 Å². The minimum absolute atomic E-state index is 0.175. The summed E-state index contributed by atoms with van der Waals surface area (Å²) in [5.41, 5.74) is 2.90. The maximum atomic E-state index is 14.2. The van der Waals surface area contributed by atoms with Gasteiger partial charge in [-0.05, 0) is 44.0 Å². The van der Waals surface area contributed by atoms with Gasteiger partial charge in [-0.15, -0.1) is 0 Å². The number of rotatable bonds is 7. The van der Waals surface area contributed by atoms with Gasteiger partial charge < -0.3 is 5.32 Å². The molecule has 152 valence electrons. The van der Waals surface area contributed by atoms with Gasteiger partial charge in [0.15, 0.2) is 0 Å². The van der Waals surface area contributed by atoms with Gasteiger partial charge in [0.1, 0.15) is 12.4 Å². The van der Waals surface area contributed by atoms with Gasteiger partial charge >= 0.3 is 10.2 Å². The monoisotopic (exact) mass is 407 g/mol. The summed E-state index contributed by atoms with van der Waals surface area (Å²) in [4.78, 5) is 12.6. The van der Waals surface area contributed by atoms with Crippen molar-refractivity contribution in [1.82, 2.24) is 9.62 Å². The fourth-order valence-electron chi connectivity index (χ4n) is 2.95. The van der Waals surface area contributed by atoms with Crippen molar-refractivity contribution in [2.24, 2.45) is 0 Å². The summed E-state index contributed by atoms with van der Waals surface area (Å²) in [5.74, 6) is -1.25. The van der Waals surface area contributed by atoms with E-state index in [1.165, 1.54) is 32.3 Å². The minimum atomic E-state index is -4.06. The number of para-hydroxylation sites is 1. The molecule has 0 spiro atoms. The van der Waals surface area contributed by atoms with Gasteiger partial charge in [-0.3, -0.25) is 4.79 Å². The fourth-order valence-corrected chi connectivity index (χ4v) is 4.02.